The smallest absolute Gasteiger partial charge is 0.136 e. The molecule has 26 heavy (non-hydrogen) atoms. The summed E-state index contributed by atoms with van der Waals surface area (Å²) in [7, 11) is 0. The Hall–Kier alpha value is -3.03. The molecule has 1 heterocycles. The van der Waals surface area contributed by atoms with E-state index in [4.69, 9.17) is 16.0 Å². The predicted molar refractivity (Wildman–Crippen MR) is 110 cm³/mol. The van der Waals surface area contributed by atoms with Crippen LogP contribution >= 0.6 is 11.6 Å². The van der Waals surface area contributed by atoms with Crippen molar-refractivity contribution in [3.63, 3.8) is 0 Å². The van der Waals surface area contributed by atoms with Gasteiger partial charge in [-0.15, -0.1) is 0 Å². The molecule has 2 heteroatoms. The van der Waals surface area contributed by atoms with E-state index < -0.39 is 0 Å². The second-order valence-electron chi connectivity index (χ2n) is 6.36. The lowest BCUT2D eigenvalue weighted by Gasteiger charge is -2.07. The minimum atomic E-state index is 0.751. The van der Waals surface area contributed by atoms with Gasteiger partial charge >= 0.3 is 0 Å². The molecule has 0 atom stereocenters. The molecule has 0 amide bonds. The third kappa shape index (κ3) is 2.49. The molecule has 0 aliphatic rings. The molecule has 0 saturated heterocycles. The summed E-state index contributed by atoms with van der Waals surface area (Å²) in [5.74, 6) is 0. The summed E-state index contributed by atoms with van der Waals surface area (Å²) in [6, 6.07) is 30.9. The van der Waals surface area contributed by atoms with Crippen molar-refractivity contribution in [2.75, 3.05) is 0 Å². The van der Waals surface area contributed by atoms with E-state index in [1.807, 2.05) is 42.5 Å². The van der Waals surface area contributed by atoms with E-state index >= 15 is 0 Å². The number of para-hydroxylation sites is 1. The number of fused-ring (bicyclic) bond motifs is 3. The lowest BCUT2D eigenvalue weighted by molar-refractivity contribution is 0.669. The lowest BCUT2D eigenvalue weighted by Crippen LogP contribution is -1.82. The highest BCUT2D eigenvalue weighted by Gasteiger charge is 2.11. The van der Waals surface area contributed by atoms with Gasteiger partial charge in [-0.1, -0.05) is 78.3 Å². The van der Waals surface area contributed by atoms with Crippen molar-refractivity contribution in [3.05, 3.63) is 96.0 Å². The highest BCUT2D eigenvalue weighted by Crippen LogP contribution is 2.37. The Balaban J connectivity index is 1.66. The van der Waals surface area contributed by atoms with Gasteiger partial charge in [-0.05, 0) is 46.5 Å². The summed E-state index contributed by atoms with van der Waals surface area (Å²) in [6.45, 7) is 0. The summed E-state index contributed by atoms with van der Waals surface area (Å²) in [5.41, 5.74) is 6.47. The second kappa shape index (κ2) is 6.05. The van der Waals surface area contributed by atoms with Crippen LogP contribution in [-0.2, 0) is 0 Å². The van der Waals surface area contributed by atoms with Crippen molar-refractivity contribution in [2.45, 2.75) is 0 Å². The molecule has 0 N–H and O–H groups in total. The van der Waals surface area contributed by atoms with Crippen molar-refractivity contribution in [2.24, 2.45) is 0 Å². The maximum atomic E-state index is 6.12. The van der Waals surface area contributed by atoms with Gasteiger partial charge in [-0.3, -0.25) is 0 Å². The van der Waals surface area contributed by atoms with Gasteiger partial charge in [0.15, 0.2) is 0 Å². The van der Waals surface area contributed by atoms with Gasteiger partial charge in [0.05, 0.1) is 0 Å². The number of hydrogen-bond acceptors (Lipinski definition) is 1. The molecular formula is C24H15ClO. The number of furan rings is 1. The van der Waals surface area contributed by atoms with E-state index in [1.54, 1.807) is 0 Å². The summed E-state index contributed by atoms with van der Waals surface area (Å²) >= 11 is 6.12. The van der Waals surface area contributed by atoms with Gasteiger partial charge in [0.25, 0.3) is 0 Å². The van der Waals surface area contributed by atoms with Crippen LogP contribution in [0.4, 0.5) is 0 Å². The van der Waals surface area contributed by atoms with E-state index in [1.165, 1.54) is 16.5 Å². The van der Waals surface area contributed by atoms with Crippen LogP contribution in [-0.4, -0.2) is 0 Å². The fourth-order valence-corrected chi connectivity index (χ4v) is 3.72. The first-order chi connectivity index (χ1) is 12.8. The van der Waals surface area contributed by atoms with Crippen LogP contribution in [0.15, 0.2) is 95.4 Å². The highest BCUT2D eigenvalue weighted by atomic mass is 35.5. The van der Waals surface area contributed by atoms with Gasteiger partial charge in [0, 0.05) is 15.8 Å². The van der Waals surface area contributed by atoms with Gasteiger partial charge < -0.3 is 4.42 Å². The maximum absolute atomic E-state index is 6.12. The standard InChI is InChI=1S/C24H15ClO/c25-19-6-3-5-18(15-19)16-11-13-17(14-12-16)20-8-4-10-23-24(20)21-7-1-2-9-22(21)26-23/h1-15H. The molecule has 4 aromatic carbocycles. The summed E-state index contributed by atoms with van der Waals surface area (Å²) in [6.07, 6.45) is 0. The number of halogens is 1. The Morgan fingerprint density at radius 2 is 1.31 bits per heavy atom. The van der Waals surface area contributed by atoms with Crippen LogP contribution < -0.4 is 0 Å². The van der Waals surface area contributed by atoms with Crippen molar-refractivity contribution < 1.29 is 4.42 Å². The van der Waals surface area contributed by atoms with E-state index in [2.05, 4.69) is 48.5 Å². The lowest BCUT2D eigenvalue weighted by atomic mass is 9.97. The predicted octanol–water partition coefficient (Wildman–Crippen LogP) is 7.57. The van der Waals surface area contributed by atoms with Gasteiger partial charge in [-0.25, -0.2) is 0 Å². The normalized spacial score (nSPS) is 11.3. The topological polar surface area (TPSA) is 13.1 Å². The minimum absolute atomic E-state index is 0.751. The summed E-state index contributed by atoms with van der Waals surface area (Å²) < 4.78 is 6.01. The highest BCUT2D eigenvalue weighted by molar-refractivity contribution is 6.30. The largest absolute Gasteiger partial charge is 0.456 e. The molecular weight excluding hydrogens is 340 g/mol. The molecule has 0 fully saturated rings. The SMILES string of the molecule is Clc1cccc(-c2ccc(-c3cccc4oc5ccccc5c34)cc2)c1. The third-order valence-electron chi connectivity index (χ3n) is 4.76. The zero-order valence-electron chi connectivity index (χ0n) is 13.9. The second-order valence-corrected chi connectivity index (χ2v) is 6.80. The van der Waals surface area contributed by atoms with Gasteiger partial charge in [0.2, 0.25) is 0 Å². The molecule has 0 spiro atoms. The van der Waals surface area contributed by atoms with Crippen molar-refractivity contribution in [1.29, 1.82) is 0 Å². The number of hydrogen-bond donors (Lipinski definition) is 0. The van der Waals surface area contributed by atoms with Crippen molar-refractivity contribution in [3.8, 4) is 22.3 Å². The summed E-state index contributed by atoms with van der Waals surface area (Å²) in [4.78, 5) is 0. The average molecular weight is 355 g/mol. The Bertz CT molecular complexity index is 1230. The molecule has 0 unspecified atom stereocenters. The van der Waals surface area contributed by atoms with Crippen molar-refractivity contribution in [1.82, 2.24) is 0 Å². The molecule has 0 saturated carbocycles. The number of benzene rings is 4. The Labute approximate surface area is 156 Å². The third-order valence-corrected chi connectivity index (χ3v) is 4.99. The first kappa shape index (κ1) is 15.2. The Morgan fingerprint density at radius 3 is 2.15 bits per heavy atom. The molecule has 5 aromatic rings. The molecule has 5 rings (SSSR count). The molecule has 0 bridgehead atoms. The zero-order valence-corrected chi connectivity index (χ0v) is 14.7. The van der Waals surface area contributed by atoms with Crippen LogP contribution in [0.1, 0.15) is 0 Å². The van der Waals surface area contributed by atoms with Crippen LogP contribution in [0, 0.1) is 0 Å². The molecule has 0 aliphatic heterocycles. The Kier molecular flexibility index (Phi) is 3.55. The van der Waals surface area contributed by atoms with E-state index in [9.17, 15) is 0 Å². The fourth-order valence-electron chi connectivity index (χ4n) is 3.53. The minimum Gasteiger partial charge on any atom is -0.456 e. The molecule has 124 valence electrons. The first-order valence-electron chi connectivity index (χ1n) is 8.56. The van der Waals surface area contributed by atoms with Crippen LogP contribution in [0.25, 0.3) is 44.2 Å². The van der Waals surface area contributed by atoms with Crippen molar-refractivity contribution >= 4 is 33.5 Å². The van der Waals surface area contributed by atoms with Crippen LogP contribution in [0.3, 0.4) is 0 Å². The molecule has 1 nitrogen and oxygen atoms in total. The number of rotatable bonds is 2. The zero-order chi connectivity index (χ0) is 17.5. The van der Waals surface area contributed by atoms with Crippen LogP contribution in [0.2, 0.25) is 5.02 Å². The molecule has 0 aliphatic carbocycles. The summed E-state index contributed by atoms with van der Waals surface area (Å²) in [5, 5.41) is 3.07. The van der Waals surface area contributed by atoms with E-state index in [-0.39, 0.29) is 0 Å². The van der Waals surface area contributed by atoms with E-state index in [0.29, 0.717) is 0 Å². The van der Waals surface area contributed by atoms with E-state index in [0.717, 1.165) is 32.7 Å². The van der Waals surface area contributed by atoms with Crippen LogP contribution in [0.5, 0.6) is 0 Å². The maximum Gasteiger partial charge on any atom is 0.136 e. The van der Waals surface area contributed by atoms with Gasteiger partial charge in [-0.2, -0.15) is 0 Å². The fraction of sp³-hybridized carbons (Fsp3) is 0. The first-order valence-corrected chi connectivity index (χ1v) is 8.94. The Morgan fingerprint density at radius 1 is 0.577 bits per heavy atom. The molecule has 0 radical (unpaired) electrons. The monoisotopic (exact) mass is 354 g/mol. The van der Waals surface area contributed by atoms with Gasteiger partial charge in [0.1, 0.15) is 11.2 Å². The molecule has 1 aromatic heterocycles. The quantitative estimate of drug-likeness (QED) is 0.318. The average Bonchev–Trinajstić information content (AvgIpc) is 3.07.